The first kappa shape index (κ1) is 20.2. The molecule has 2 saturated heterocycles. The van der Waals surface area contributed by atoms with Gasteiger partial charge in [-0.1, -0.05) is 12.1 Å². The Balaban J connectivity index is 1.42. The fraction of sp³-hybridized carbons (Fsp3) is 0.391. The second-order valence-electron chi connectivity index (χ2n) is 8.05. The number of fused-ring (bicyclic) bond motifs is 2. The fourth-order valence-electron chi connectivity index (χ4n) is 4.39. The van der Waals surface area contributed by atoms with Crippen molar-refractivity contribution in [2.45, 2.75) is 24.0 Å². The van der Waals surface area contributed by atoms with Gasteiger partial charge >= 0.3 is 6.09 Å². The van der Waals surface area contributed by atoms with Gasteiger partial charge in [-0.2, -0.15) is 0 Å². The molecule has 0 spiro atoms. The van der Waals surface area contributed by atoms with Crippen molar-refractivity contribution in [1.29, 1.82) is 0 Å². The van der Waals surface area contributed by atoms with Gasteiger partial charge in [0.25, 0.3) is 0 Å². The number of ether oxygens (including phenoxy) is 2. The predicted octanol–water partition coefficient (Wildman–Crippen LogP) is 3.27. The molecule has 5 rings (SSSR count). The molecule has 7 nitrogen and oxygen atoms in total. The standard InChI is InChI=1S/C23H25N3O4S/c1-29-18-5-2-15(3-6-18)12-26-19-10-17(4-7-21(19)31-14-22(26)27)25-13-16-8-9-24-11-20(16)30-23(25)28/h2-7,10,16,20,24H,8-9,11-14H2,1H3/t16-,20+/m1/s1. The molecule has 8 heteroatoms. The maximum atomic E-state index is 12.8. The molecule has 0 unspecified atom stereocenters. The van der Waals surface area contributed by atoms with Gasteiger partial charge in [0.05, 0.1) is 25.1 Å². The molecule has 0 aliphatic carbocycles. The van der Waals surface area contributed by atoms with Crippen molar-refractivity contribution >= 4 is 35.1 Å². The van der Waals surface area contributed by atoms with Crippen molar-refractivity contribution in [2.75, 3.05) is 42.3 Å². The third-order valence-electron chi connectivity index (χ3n) is 6.15. The van der Waals surface area contributed by atoms with Crippen molar-refractivity contribution in [1.82, 2.24) is 5.32 Å². The molecule has 0 radical (unpaired) electrons. The summed E-state index contributed by atoms with van der Waals surface area (Å²) in [5, 5.41) is 3.29. The first-order valence-corrected chi connectivity index (χ1v) is 11.5. The number of anilines is 2. The average Bonchev–Trinajstić information content (AvgIpc) is 2.80. The van der Waals surface area contributed by atoms with Gasteiger partial charge < -0.3 is 19.7 Å². The van der Waals surface area contributed by atoms with Crippen LogP contribution in [0.4, 0.5) is 16.2 Å². The largest absolute Gasteiger partial charge is 0.497 e. The van der Waals surface area contributed by atoms with Gasteiger partial charge in [0.2, 0.25) is 5.91 Å². The minimum Gasteiger partial charge on any atom is -0.497 e. The van der Waals surface area contributed by atoms with Gasteiger partial charge in [-0.25, -0.2) is 4.79 Å². The Morgan fingerprint density at radius 3 is 2.84 bits per heavy atom. The third-order valence-corrected chi connectivity index (χ3v) is 7.20. The van der Waals surface area contributed by atoms with Crippen LogP contribution in [0.5, 0.6) is 5.75 Å². The molecule has 0 aromatic heterocycles. The Labute approximate surface area is 185 Å². The number of hydrogen-bond acceptors (Lipinski definition) is 6. The Morgan fingerprint density at radius 1 is 1.19 bits per heavy atom. The molecular weight excluding hydrogens is 414 g/mol. The second-order valence-corrected chi connectivity index (χ2v) is 9.07. The van der Waals surface area contributed by atoms with Gasteiger partial charge in [-0.05, 0) is 48.9 Å². The van der Waals surface area contributed by atoms with Crippen LogP contribution in [-0.4, -0.2) is 50.6 Å². The minimum atomic E-state index is -0.318. The van der Waals surface area contributed by atoms with Crippen LogP contribution in [0.1, 0.15) is 12.0 Å². The average molecular weight is 440 g/mol. The summed E-state index contributed by atoms with van der Waals surface area (Å²) >= 11 is 1.54. The first-order valence-electron chi connectivity index (χ1n) is 10.5. The number of benzene rings is 2. The highest BCUT2D eigenvalue weighted by atomic mass is 32.2. The summed E-state index contributed by atoms with van der Waals surface area (Å²) < 4.78 is 10.9. The maximum absolute atomic E-state index is 12.8. The molecule has 162 valence electrons. The predicted molar refractivity (Wildman–Crippen MR) is 120 cm³/mol. The lowest BCUT2D eigenvalue weighted by molar-refractivity contribution is -0.116. The Hall–Kier alpha value is -2.71. The molecule has 2 atom stereocenters. The summed E-state index contributed by atoms with van der Waals surface area (Å²) in [6.45, 7) is 2.77. The van der Waals surface area contributed by atoms with Gasteiger partial charge in [-0.3, -0.25) is 9.69 Å². The summed E-state index contributed by atoms with van der Waals surface area (Å²) in [5.74, 6) is 1.57. The van der Waals surface area contributed by atoms with E-state index < -0.39 is 0 Å². The van der Waals surface area contributed by atoms with Crippen LogP contribution in [0.15, 0.2) is 47.4 Å². The van der Waals surface area contributed by atoms with Crippen molar-refractivity contribution in [2.24, 2.45) is 5.92 Å². The van der Waals surface area contributed by atoms with E-state index in [1.807, 2.05) is 42.5 Å². The molecular formula is C23H25N3O4S. The van der Waals surface area contributed by atoms with E-state index in [1.54, 1.807) is 16.9 Å². The fourth-order valence-corrected chi connectivity index (χ4v) is 5.31. The number of rotatable bonds is 4. The number of carbonyl (C=O) groups is 2. The quantitative estimate of drug-likeness (QED) is 0.789. The topological polar surface area (TPSA) is 71.1 Å². The normalized spacial score (nSPS) is 23.1. The molecule has 3 aliphatic heterocycles. The SMILES string of the molecule is COc1ccc(CN2C(=O)CSc3ccc(N4C[C@H]5CCNC[C@@H]5OC4=O)cc32)cc1. The Morgan fingerprint density at radius 2 is 2.03 bits per heavy atom. The Kier molecular flexibility index (Phi) is 5.50. The molecule has 2 amide bonds. The van der Waals surface area contributed by atoms with E-state index in [2.05, 4.69) is 5.32 Å². The van der Waals surface area contributed by atoms with Gasteiger partial charge in [0.1, 0.15) is 11.9 Å². The molecule has 2 aromatic carbocycles. The molecule has 2 fully saturated rings. The van der Waals surface area contributed by atoms with E-state index >= 15 is 0 Å². The van der Waals surface area contributed by atoms with E-state index in [0.717, 1.165) is 47.1 Å². The highest BCUT2D eigenvalue weighted by molar-refractivity contribution is 8.00. The van der Waals surface area contributed by atoms with Crippen LogP contribution in [0.3, 0.4) is 0 Å². The summed E-state index contributed by atoms with van der Waals surface area (Å²) in [6.07, 6.45) is 0.609. The minimum absolute atomic E-state index is 0.0566. The maximum Gasteiger partial charge on any atom is 0.414 e. The molecule has 31 heavy (non-hydrogen) atoms. The zero-order valence-corrected chi connectivity index (χ0v) is 18.2. The summed E-state index contributed by atoms with van der Waals surface area (Å²) in [7, 11) is 1.63. The number of hydrogen-bond donors (Lipinski definition) is 1. The number of nitrogens with one attached hydrogen (secondary N) is 1. The number of piperidine rings is 1. The number of thioether (sulfide) groups is 1. The lowest BCUT2D eigenvalue weighted by Gasteiger charge is -2.41. The summed E-state index contributed by atoms with van der Waals surface area (Å²) in [6, 6.07) is 13.6. The van der Waals surface area contributed by atoms with Gasteiger partial charge in [0.15, 0.2) is 0 Å². The lowest BCUT2D eigenvalue weighted by Crippen LogP contribution is -2.54. The van der Waals surface area contributed by atoms with E-state index in [0.29, 0.717) is 24.8 Å². The van der Waals surface area contributed by atoms with E-state index in [4.69, 9.17) is 9.47 Å². The zero-order valence-electron chi connectivity index (χ0n) is 17.4. The van der Waals surface area contributed by atoms with Gasteiger partial charge in [0, 0.05) is 29.6 Å². The van der Waals surface area contributed by atoms with Crippen LogP contribution in [0.2, 0.25) is 0 Å². The number of carbonyl (C=O) groups excluding carboxylic acids is 2. The molecule has 1 N–H and O–H groups in total. The zero-order chi connectivity index (χ0) is 21.4. The van der Waals surface area contributed by atoms with Crippen LogP contribution >= 0.6 is 11.8 Å². The van der Waals surface area contributed by atoms with Crippen LogP contribution in [0.25, 0.3) is 0 Å². The van der Waals surface area contributed by atoms with Crippen LogP contribution in [0, 0.1) is 5.92 Å². The van der Waals surface area contributed by atoms with Crippen molar-refractivity contribution in [3.05, 3.63) is 48.0 Å². The van der Waals surface area contributed by atoms with E-state index in [9.17, 15) is 9.59 Å². The third kappa shape index (κ3) is 3.97. The summed E-state index contributed by atoms with van der Waals surface area (Å²) in [5.41, 5.74) is 2.64. The molecule has 0 saturated carbocycles. The van der Waals surface area contributed by atoms with Crippen LogP contribution in [-0.2, 0) is 16.1 Å². The molecule has 0 bridgehead atoms. The van der Waals surface area contributed by atoms with Crippen LogP contribution < -0.4 is 19.9 Å². The molecule has 3 aliphatic rings. The van der Waals surface area contributed by atoms with Crippen molar-refractivity contribution in [3.8, 4) is 5.75 Å². The second kappa shape index (κ2) is 8.43. The smallest absolute Gasteiger partial charge is 0.414 e. The van der Waals surface area contributed by atoms with E-state index in [1.165, 1.54) is 11.8 Å². The Bertz CT molecular complexity index is 997. The van der Waals surface area contributed by atoms with Gasteiger partial charge in [-0.15, -0.1) is 11.8 Å². The monoisotopic (exact) mass is 439 g/mol. The number of nitrogens with zero attached hydrogens (tertiary/aromatic N) is 2. The summed E-state index contributed by atoms with van der Waals surface area (Å²) in [4.78, 5) is 30.0. The number of amides is 2. The van der Waals surface area contributed by atoms with Crippen molar-refractivity contribution < 1.29 is 19.1 Å². The molecule has 3 heterocycles. The highest BCUT2D eigenvalue weighted by Crippen LogP contribution is 2.40. The van der Waals surface area contributed by atoms with Crippen molar-refractivity contribution in [3.63, 3.8) is 0 Å². The highest BCUT2D eigenvalue weighted by Gasteiger charge is 2.38. The first-order chi connectivity index (χ1) is 15.1. The van der Waals surface area contributed by atoms with E-state index in [-0.39, 0.29) is 18.1 Å². The number of methoxy groups -OCH3 is 1. The lowest BCUT2D eigenvalue weighted by atomic mass is 9.93. The molecule has 2 aromatic rings.